The van der Waals surface area contributed by atoms with Gasteiger partial charge in [0, 0.05) is 25.1 Å². The minimum atomic E-state index is 0.106. The van der Waals surface area contributed by atoms with Gasteiger partial charge in [0.05, 0.1) is 6.61 Å². The fourth-order valence-corrected chi connectivity index (χ4v) is 2.66. The van der Waals surface area contributed by atoms with Crippen LogP contribution < -0.4 is 4.74 Å². The van der Waals surface area contributed by atoms with Gasteiger partial charge in [-0.2, -0.15) is 0 Å². The quantitative estimate of drug-likeness (QED) is 0.676. The molecule has 2 aromatic rings. The van der Waals surface area contributed by atoms with Crippen molar-refractivity contribution in [2.24, 2.45) is 0 Å². The summed E-state index contributed by atoms with van der Waals surface area (Å²) in [7, 11) is 0. The summed E-state index contributed by atoms with van der Waals surface area (Å²) in [5, 5.41) is 0. The van der Waals surface area contributed by atoms with Gasteiger partial charge in [-0.3, -0.25) is 4.79 Å². The number of rotatable bonds is 9. The lowest BCUT2D eigenvalue weighted by molar-refractivity contribution is 0.0755. The molecule has 2 rings (SSSR count). The zero-order chi connectivity index (χ0) is 17.2. The van der Waals surface area contributed by atoms with Crippen LogP contribution in [0.4, 0.5) is 0 Å². The molecule has 0 fully saturated rings. The van der Waals surface area contributed by atoms with E-state index in [1.54, 1.807) is 0 Å². The molecule has 24 heavy (non-hydrogen) atoms. The molecule has 0 heterocycles. The Morgan fingerprint density at radius 3 is 2.12 bits per heavy atom. The molecule has 0 N–H and O–H groups in total. The SMILES string of the molecule is CCCN(CCC)C(=O)c1ccc(OCCc2ccccc2)cc1. The summed E-state index contributed by atoms with van der Waals surface area (Å²) in [4.78, 5) is 14.4. The van der Waals surface area contributed by atoms with Crippen LogP contribution in [0.25, 0.3) is 0 Å². The maximum Gasteiger partial charge on any atom is 0.253 e. The maximum absolute atomic E-state index is 12.5. The van der Waals surface area contributed by atoms with Crippen LogP contribution in [-0.2, 0) is 6.42 Å². The lowest BCUT2D eigenvalue weighted by Gasteiger charge is -2.21. The first-order chi connectivity index (χ1) is 11.7. The second-order valence-corrected chi connectivity index (χ2v) is 5.90. The minimum Gasteiger partial charge on any atom is -0.493 e. The first-order valence-electron chi connectivity index (χ1n) is 8.80. The van der Waals surface area contributed by atoms with Crippen LogP contribution in [0.15, 0.2) is 54.6 Å². The Hall–Kier alpha value is -2.29. The topological polar surface area (TPSA) is 29.5 Å². The third-order valence-corrected chi connectivity index (χ3v) is 3.88. The van der Waals surface area contributed by atoms with Gasteiger partial charge in [0.15, 0.2) is 0 Å². The third-order valence-electron chi connectivity index (χ3n) is 3.88. The lowest BCUT2D eigenvalue weighted by atomic mass is 10.1. The van der Waals surface area contributed by atoms with E-state index >= 15 is 0 Å². The molecule has 0 spiro atoms. The van der Waals surface area contributed by atoms with Crippen molar-refractivity contribution in [2.75, 3.05) is 19.7 Å². The molecule has 0 atom stereocenters. The highest BCUT2D eigenvalue weighted by atomic mass is 16.5. The molecule has 1 amide bonds. The Labute approximate surface area is 145 Å². The van der Waals surface area contributed by atoms with Crippen LogP contribution in [0.1, 0.15) is 42.6 Å². The summed E-state index contributed by atoms with van der Waals surface area (Å²) in [6.45, 7) is 6.44. The van der Waals surface area contributed by atoms with E-state index in [0.29, 0.717) is 6.61 Å². The smallest absolute Gasteiger partial charge is 0.253 e. The van der Waals surface area contributed by atoms with E-state index in [-0.39, 0.29) is 5.91 Å². The van der Waals surface area contributed by atoms with Gasteiger partial charge in [0.2, 0.25) is 0 Å². The number of carbonyl (C=O) groups is 1. The molecule has 0 aliphatic carbocycles. The molecule has 0 aromatic heterocycles. The van der Waals surface area contributed by atoms with E-state index < -0.39 is 0 Å². The molecule has 0 aliphatic heterocycles. The molecule has 2 aromatic carbocycles. The summed E-state index contributed by atoms with van der Waals surface area (Å²) in [5.74, 6) is 0.912. The van der Waals surface area contributed by atoms with Gasteiger partial charge in [0.25, 0.3) is 5.91 Å². The average Bonchev–Trinajstić information content (AvgIpc) is 2.62. The van der Waals surface area contributed by atoms with Crippen molar-refractivity contribution in [2.45, 2.75) is 33.1 Å². The fourth-order valence-electron chi connectivity index (χ4n) is 2.66. The molecule has 0 unspecified atom stereocenters. The Balaban J connectivity index is 1.88. The van der Waals surface area contributed by atoms with Gasteiger partial charge < -0.3 is 9.64 Å². The molecule has 3 heteroatoms. The number of amides is 1. The molecule has 0 bridgehead atoms. The van der Waals surface area contributed by atoms with E-state index in [1.165, 1.54) is 5.56 Å². The van der Waals surface area contributed by atoms with Crippen molar-refractivity contribution in [3.05, 3.63) is 65.7 Å². The van der Waals surface area contributed by atoms with Gasteiger partial charge in [0.1, 0.15) is 5.75 Å². The van der Waals surface area contributed by atoms with Crippen molar-refractivity contribution in [1.82, 2.24) is 4.90 Å². The van der Waals surface area contributed by atoms with Gasteiger partial charge >= 0.3 is 0 Å². The van der Waals surface area contributed by atoms with Gasteiger partial charge in [-0.1, -0.05) is 44.2 Å². The lowest BCUT2D eigenvalue weighted by Crippen LogP contribution is -2.32. The van der Waals surface area contributed by atoms with Crippen LogP contribution in [-0.4, -0.2) is 30.5 Å². The van der Waals surface area contributed by atoms with E-state index in [9.17, 15) is 4.79 Å². The van der Waals surface area contributed by atoms with Crippen LogP contribution in [0.2, 0.25) is 0 Å². The Bertz CT molecular complexity index is 601. The first kappa shape index (κ1) is 18.1. The maximum atomic E-state index is 12.5. The molecular formula is C21H27NO2. The number of carbonyl (C=O) groups excluding carboxylic acids is 1. The predicted octanol–water partition coefficient (Wildman–Crippen LogP) is 4.57. The van der Waals surface area contributed by atoms with Crippen LogP contribution in [0.3, 0.4) is 0 Å². The van der Waals surface area contributed by atoms with Gasteiger partial charge in [-0.05, 0) is 42.7 Å². The molecule has 0 aliphatic rings. The summed E-state index contributed by atoms with van der Waals surface area (Å²) in [6, 6.07) is 17.8. The minimum absolute atomic E-state index is 0.106. The summed E-state index contributed by atoms with van der Waals surface area (Å²) in [5.41, 5.74) is 1.99. The van der Waals surface area contributed by atoms with Gasteiger partial charge in [-0.25, -0.2) is 0 Å². The van der Waals surface area contributed by atoms with Crippen LogP contribution >= 0.6 is 0 Å². The zero-order valence-corrected chi connectivity index (χ0v) is 14.7. The van der Waals surface area contributed by atoms with E-state index in [0.717, 1.165) is 43.7 Å². The van der Waals surface area contributed by atoms with Gasteiger partial charge in [-0.15, -0.1) is 0 Å². The van der Waals surface area contributed by atoms with Crippen LogP contribution in [0, 0.1) is 0 Å². The molecular weight excluding hydrogens is 298 g/mol. The molecule has 0 saturated heterocycles. The summed E-state index contributed by atoms with van der Waals surface area (Å²) < 4.78 is 5.78. The van der Waals surface area contributed by atoms with Crippen molar-refractivity contribution in [3.63, 3.8) is 0 Å². The molecule has 3 nitrogen and oxygen atoms in total. The van der Waals surface area contributed by atoms with Crippen molar-refractivity contribution < 1.29 is 9.53 Å². The number of benzene rings is 2. The highest BCUT2D eigenvalue weighted by Gasteiger charge is 2.13. The van der Waals surface area contributed by atoms with Crippen molar-refractivity contribution in [1.29, 1.82) is 0 Å². The largest absolute Gasteiger partial charge is 0.493 e. The highest BCUT2D eigenvalue weighted by molar-refractivity contribution is 5.94. The first-order valence-corrected chi connectivity index (χ1v) is 8.80. The number of nitrogens with zero attached hydrogens (tertiary/aromatic N) is 1. The average molecular weight is 325 g/mol. The normalized spacial score (nSPS) is 10.4. The molecule has 0 saturated carbocycles. The molecule has 128 valence electrons. The predicted molar refractivity (Wildman–Crippen MR) is 98.6 cm³/mol. The monoisotopic (exact) mass is 325 g/mol. The van der Waals surface area contributed by atoms with E-state index in [1.807, 2.05) is 47.4 Å². The zero-order valence-electron chi connectivity index (χ0n) is 14.7. The molecule has 0 radical (unpaired) electrons. The Morgan fingerprint density at radius 1 is 0.917 bits per heavy atom. The highest BCUT2D eigenvalue weighted by Crippen LogP contribution is 2.15. The van der Waals surface area contributed by atoms with E-state index in [2.05, 4.69) is 26.0 Å². The van der Waals surface area contributed by atoms with Crippen molar-refractivity contribution in [3.8, 4) is 5.75 Å². The number of ether oxygens (including phenoxy) is 1. The Morgan fingerprint density at radius 2 is 1.54 bits per heavy atom. The Kier molecular flexibility index (Phi) is 7.34. The standard InChI is InChI=1S/C21H27NO2/c1-3-15-22(16-4-2)21(23)19-10-12-20(13-11-19)24-17-14-18-8-6-5-7-9-18/h5-13H,3-4,14-17H2,1-2H3. The second-order valence-electron chi connectivity index (χ2n) is 5.90. The third kappa shape index (κ3) is 5.41. The second kappa shape index (κ2) is 9.76. The van der Waals surface area contributed by atoms with Crippen molar-refractivity contribution >= 4 is 5.91 Å². The van der Waals surface area contributed by atoms with Crippen LogP contribution in [0.5, 0.6) is 5.75 Å². The van der Waals surface area contributed by atoms with E-state index in [4.69, 9.17) is 4.74 Å². The summed E-state index contributed by atoms with van der Waals surface area (Å²) >= 11 is 0. The summed E-state index contributed by atoms with van der Waals surface area (Å²) in [6.07, 6.45) is 2.83. The number of hydrogen-bond acceptors (Lipinski definition) is 2. The number of hydrogen-bond donors (Lipinski definition) is 0. The fraction of sp³-hybridized carbons (Fsp3) is 0.381.